The molecule has 0 spiro atoms. The highest BCUT2D eigenvalue weighted by atomic mass is 127. The van der Waals surface area contributed by atoms with Crippen LogP contribution in [-0.4, -0.2) is 17.8 Å². The number of rotatable bonds is 10. The third kappa shape index (κ3) is 6.46. The van der Waals surface area contributed by atoms with Gasteiger partial charge in [0.25, 0.3) is 5.92 Å². The van der Waals surface area contributed by atoms with Gasteiger partial charge in [0.05, 0.1) is 8.42 Å². The lowest BCUT2D eigenvalue weighted by atomic mass is 9.85. The van der Waals surface area contributed by atoms with Gasteiger partial charge in [-0.25, -0.2) is 8.78 Å². The molecule has 4 aromatic rings. The van der Waals surface area contributed by atoms with E-state index in [-0.39, 0.29) is 15.3 Å². The molecule has 0 fully saturated rings. The van der Waals surface area contributed by atoms with Crippen molar-refractivity contribution in [2.24, 2.45) is 0 Å². The molecule has 0 radical (unpaired) electrons. The smallest absolute Gasteiger partial charge is 0.202 e. The number of hydrogen-bond acceptors (Lipinski definition) is 4. The summed E-state index contributed by atoms with van der Waals surface area (Å²) in [6.07, 6.45) is -1.22. The van der Waals surface area contributed by atoms with Crippen LogP contribution in [0, 0.1) is 0 Å². The second-order valence-electron chi connectivity index (χ2n) is 8.78. The van der Waals surface area contributed by atoms with E-state index >= 15 is 26.3 Å². The lowest BCUT2D eigenvalue weighted by molar-refractivity contribution is -0.173. The van der Waals surface area contributed by atoms with E-state index in [1.54, 1.807) is 60.7 Å². The van der Waals surface area contributed by atoms with Crippen molar-refractivity contribution in [3.63, 3.8) is 0 Å². The van der Waals surface area contributed by atoms with Crippen molar-refractivity contribution in [1.82, 2.24) is 0 Å². The van der Waals surface area contributed by atoms with Gasteiger partial charge in [0.1, 0.15) is 0 Å². The quantitative estimate of drug-likeness (QED) is 0.115. The van der Waals surface area contributed by atoms with Crippen LogP contribution in [0.5, 0.6) is 0 Å². The lowest BCUT2D eigenvalue weighted by Crippen LogP contribution is -2.42. The molecule has 0 saturated carbocycles. The Morgan fingerprint density at radius 2 is 1.10 bits per heavy atom. The molecule has 0 aliphatic heterocycles. The zero-order valence-electron chi connectivity index (χ0n) is 20.8. The number of hydrogen-bond donors (Lipinski definition) is 0. The first-order chi connectivity index (χ1) is 18.9. The van der Waals surface area contributed by atoms with Crippen LogP contribution >= 0.6 is 83.0 Å². The fourth-order valence-corrected chi connectivity index (χ4v) is 10.3. The summed E-state index contributed by atoms with van der Waals surface area (Å²) in [5, 5.41) is 0. The van der Waals surface area contributed by atoms with Crippen LogP contribution in [0.25, 0.3) is 32.0 Å². The molecule has 0 aliphatic carbocycles. The number of thiophene rings is 2. The number of benzene rings is 2. The largest absolute Gasteiger partial charge is 0.336 e. The summed E-state index contributed by atoms with van der Waals surface area (Å²) in [7, 11) is 2.12. The first kappa shape index (κ1) is 32.2. The summed E-state index contributed by atoms with van der Waals surface area (Å²) in [5.74, 6) is -13.3. The van der Waals surface area contributed by atoms with Crippen molar-refractivity contribution in [3.8, 4) is 20.9 Å². The number of alkyl halides is 6. The predicted octanol–water partition coefficient (Wildman–Crippen LogP) is 13.3. The molecular formula is C28H20F6I2S4. The molecule has 0 amide bonds. The Balaban J connectivity index is 2.14. The molecular weight excluding hydrogens is 832 g/mol. The minimum absolute atomic E-state index is 0.172. The van der Waals surface area contributed by atoms with Gasteiger partial charge < -0.3 is 0 Å². The summed E-state index contributed by atoms with van der Waals surface area (Å²) in [6, 6.07) is 20.5. The minimum Gasteiger partial charge on any atom is -0.202 e. The van der Waals surface area contributed by atoms with E-state index in [4.69, 9.17) is 0 Å². The Bertz CT molecular complexity index is 1490. The highest BCUT2D eigenvalue weighted by Gasteiger charge is 2.60. The van der Waals surface area contributed by atoms with Crippen LogP contribution in [0.2, 0.25) is 0 Å². The van der Waals surface area contributed by atoms with E-state index in [1.807, 2.05) is 42.4 Å². The first-order valence-electron chi connectivity index (χ1n) is 11.7. The van der Waals surface area contributed by atoms with Gasteiger partial charge in [-0.3, -0.25) is 0 Å². The van der Waals surface area contributed by atoms with Crippen LogP contribution in [0.3, 0.4) is 0 Å². The Hall–Kier alpha value is -0.680. The van der Waals surface area contributed by atoms with E-state index in [2.05, 4.69) is 0 Å². The predicted molar refractivity (Wildman–Crippen MR) is 177 cm³/mol. The van der Waals surface area contributed by atoms with Gasteiger partial charge >= 0.3 is 11.8 Å². The minimum atomic E-state index is -4.89. The van der Waals surface area contributed by atoms with Crippen molar-refractivity contribution in [2.45, 2.75) is 46.5 Å². The molecule has 0 bridgehead atoms. The molecule has 0 saturated heterocycles. The summed E-state index contributed by atoms with van der Waals surface area (Å²) < 4.78 is 94.5. The van der Waals surface area contributed by atoms with E-state index < -0.39 is 35.3 Å². The molecule has 0 atom stereocenters. The number of halogens is 8. The van der Waals surface area contributed by atoms with Crippen LogP contribution in [0.4, 0.5) is 26.3 Å². The standard InChI is InChI=1S/C28H20F6I2S4/c1-3-27(31,32)28(33,34)23(19-15-21(38-25(19)40-36)17-12-8-5-9-13-17)22(26(2,29)30)18-14-20(37-24(18)39-35)16-10-6-4-7-11-16/h4-15H,3H2,1-2H3/b23-22-. The monoisotopic (exact) mass is 852 g/mol. The van der Waals surface area contributed by atoms with Crippen LogP contribution < -0.4 is 0 Å². The van der Waals surface area contributed by atoms with Gasteiger partial charge in [-0.15, -0.1) is 22.7 Å². The third-order valence-electron chi connectivity index (χ3n) is 6.10. The maximum atomic E-state index is 16.2. The highest BCUT2D eigenvalue weighted by Crippen LogP contribution is 2.58. The molecule has 12 heteroatoms. The van der Waals surface area contributed by atoms with Gasteiger partial charge in [0.15, 0.2) is 0 Å². The summed E-state index contributed by atoms with van der Waals surface area (Å²) >= 11 is 6.03. The van der Waals surface area contributed by atoms with Crippen molar-refractivity contribution in [2.75, 3.05) is 0 Å². The average Bonchev–Trinajstić information content (AvgIpc) is 3.56. The molecule has 0 unspecified atom stereocenters. The SMILES string of the molecule is CCC(F)(F)C(F)(F)/C(=C(/c1cc(-c2ccccc2)sc1SI)C(C)(F)F)c1cc(-c2ccccc2)sc1SI. The number of allylic oxidation sites excluding steroid dienone is 2. The summed E-state index contributed by atoms with van der Waals surface area (Å²) in [5.41, 5.74) is -1.53. The van der Waals surface area contributed by atoms with Crippen molar-refractivity contribution in [3.05, 3.63) is 83.9 Å². The van der Waals surface area contributed by atoms with Gasteiger partial charge in [-0.1, -0.05) is 67.6 Å². The van der Waals surface area contributed by atoms with Gasteiger partial charge in [0.2, 0.25) is 0 Å². The zero-order chi connectivity index (χ0) is 29.3. The van der Waals surface area contributed by atoms with Crippen LogP contribution in [-0.2, 0) is 0 Å². The molecule has 0 aliphatic rings. The van der Waals surface area contributed by atoms with Crippen molar-refractivity contribution >= 4 is 94.1 Å². The second-order valence-corrected chi connectivity index (χ2v) is 15.2. The second kappa shape index (κ2) is 12.9. The van der Waals surface area contributed by atoms with E-state index in [1.165, 1.54) is 12.1 Å². The van der Waals surface area contributed by atoms with Crippen LogP contribution in [0.1, 0.15) is 31.4 Å². The maximum absolute atomic E-state index is 16.2. The Kier molecular flexibility index (Phi) is 10.4. The van der Waals surface area contributed by atoms with E-state index in [9.17, 15) is 0 Å². The van der Waals surface area contributed by atoms with Crippen LogP contribution in [0.15, 0.2) is 81.2 Å². The highest BCUT2D eigenvalue weighted by molar-refractivity contribution is 14.2. The molecule has 2 heterocycles. The molecule has 0 N–H and O–H groups in total. The zero-order valence-corrected chi connectivity index (χ0v) is 28.4. The van der Waals surface area contributed by atoms with Gasteiger partial charge in [0, 0.05) is 87.8 Å². The van der Waals surface area contributed by atoms with Gasteiger partial charge in [-0.2, -0.15) is 17.6 Å². The van der Waals surface area contributed by atoms with Gasteiger partial charge in [-0.05, 0) is 41.1 Å². The normalized spacial score (nSPS) is 13.4. The Morgan fingerprint density at radius 1 is 0.700 bits per heavy atom. The summed E-state index contributed by atoms with van der Waals surface area (Å²) in [4.78, 5) is 1.08. The Morgan fingerprint density at radius 3 is 1.45 bits per heavy atom. The molecule has 212 valence electrons. The van der Waals surface area contributed by atoms with Crippen molar-refractivity contribution in [1.29, 1.82) is 0 Å². The lowest BCUT2D eigenvalue weighted by Gasteiger charge is -2.32. The fourth-order valence-electron chi connectivity index (χ4n) is 4.16. The molecule has 40 heavy (non-hydrogen) atoms. The molecule has 4 rings (SSSR count). The van der Waals surface area contributed by atoms with Crippen molar-refractivity contribution < 1.29 is 26.3 Å². The van der Waals surface area contributed by atoms with E-state index in [0.717, 1.165) is 47.5 Å². The van der Waals surface area contributed by atoms with E-state index in [0.29, 0.717) is 32.0 Å². The topological polar surface area (TPSA) is 0 Å². The molecule has 2 aromatic heterocycles. The first-order valence-corrected chi connectivity index (χ1v) is 20.1. The fraction of sp³-hybridized carbons (Fsp3) is 0.214. The maximum Gasteiger partial charge on any atom is 0.336 e. The third-order valence-corrected chi connectivity index (χ3v) is 14.2. The molecule has 0 nitrogen and oxygen atoms in total. The molecule has 2 aromatic carbocycles. The summed E-state index contributed by atoms with van der Waals surface area (Å²) in [6.45, 7) is 1.42. The Labute approximate surface area is 269 Å². The average molecular weight is 853 g/mol.